The molecule has 3 rings (SSSR count). The van der Waals surface area contributed by atoms with Crippen molar-refractivity contribution in [2.24, 2.45) is 0 Å². The molecule has 1 atom stereocenters. The van der Waals surface area contributed by atoms with Gasteiger partial charge in [-0.15, -0.1) is 0 Å². The predicted molar refractivity (Wildman–Crippen MR) is 103 cm³/mol. The van der Waals surface area contributed by atoms with Gasteiger partial charge in [-0.1, -0.05) is 5.16 Å². The summed E-state index contributed by atoms with van der Waals surface area (Å²) in [4.78, 5) is 28.3. The third kappa shape index (κ3) is 5.32. The minimum atomic E-state index is -0.837. The van der Waals surface area contributed by atoms with Crippen LogP contribution in [0.2, 0.25) is 0 Å². The normalized spacial score (nSPS) is 11.4. The van der Waals surface area contributed by atoms with Gasteiger partial charge in [0.1, 0.15) is 11.5 Å². The van der Waals surface area contributed by atoms with Crippen LogP contribution in [0.1, 0.15) is 24.3 Å². The number of hydrogen-bond donors (Lipinski definition) is 2. The molecule has 2 amide bonds. The van der Waals surface area contributed by atoms with E-state index in [4.69, 9.17) is 14.0 Å². The van der Waals surface area contributed by atoms with Crippen molar-refractivity contribution in [3.05, 3.63) is 60.6 Å². The second-order valence-electron chi connectivity index (χ2n) is 5.93. The molecule has 0 bridgehead atoms. The van der Waals surface area contributed by atoms with Gasteiger partial charge < -0.3 is 14.0 Å². The Morgan fingerprint density at radius 1 is 1.14 bits per heavy atom. The number of nitrogens with zero attached hydrogens (tertiary/aromatic N) is 2. The molecule has 0 aliphatic heterocycles. The van der Waals surface area contributed by atoms with Gasteiger partial charge in [0.2, 0.25) is 0 Å². The maximum Gasteiger partial charge on any atom is 0.291 e. The van der Waals surface area contributed by atoms with Gasteiger partial charge in [0, 0.05) is 24.0 Å². The van der Waals surface area contributed by atoms with Crippen LogP contribution in [-0.2, 0) is 4.79 Å². The number of hydrogen-bond acceptors (Lipinski definition) is 7. The highest BCUT2D eigenvalue weighted by molar-refractivity contribution is 5.94. The summed E-state index contributed by atoms with van der Waals surface area (Å²) in [7, 11) is 0. The fourth-order valence-corrected chi connectivity index (χ4v) is 2.35. The fourth-order valence-electron chi connectivity index (χ4n) is 2.35. The van der Waals surface area contributed by atoms with Crippen LogP contribution in [0.3, 0.4) is 0 Å². The first-order valence-corrected chi connectivity index (χ1v) is 8.93. The van der Waals surface area contributed by atoms with Crippen molar-refractivity contribution in [3.63, 3.8) is 0 Å². The highest BCUT2D eigenvalue weighted by atomic mass is 16.5. The first kappa shape index (κ1) is 19.9. The molecule has 2 aromatic heterocycles. The van der Waals surface area contributed by atoms with Crippen LogP contribution in [0.5, 0.6) is 11.5 Å². The Hall–Kier alpha value is -3.88. The molecule has 1 unspecified atom stereocenters. The van der Waals surface area contributed by atoms with Gasteiger partial charge in [-0.2, -0.15) is 0 Å². The Morgan fingerprint density at radius 3 is 2.59 bits per heavy atom. The van der Waals surface area contributed by atoms with Crippen LogP contribution < -0.4 is 20.3 Å². The quantitative estimate of drug-likeness (QED) is 0.589. The molecular weight excluding hydrogens is 376 g/mol. The van der Waals surface area contributed by atoms with E-state index in [1.54, 1.807) is 55.7 Å². The molecule has 0 saturated carbocycles. The monoisotopic (exact) mass is 396 g/mol. The molecule has 3 aromatic rings. The Kier molecular flexibility index (Phi) is 6.41. The standard InChI is InChI=1S/C20H20N4O5/c1-3-27-15-6-8-16(9-7-15)28-13(2)19(25)22-23-20(26)17-11-18(29-24-17)14-5-4-10-21-12-14/h4-13H,3H2,1-2H3,(H,22,25)(H,23,26). The SMILES string of the molecule is CCOc1ccc(OC(C)C(=O)NNC(=O)c2cc(-c3cccnc3)on2)cc1. The van der Waals surface area contributed by atoms with E-state index in [1.165, 1.54) is 6.07 Å². The summed E-state index contributed by atoms with van der Waals surface area (Å²) in [5.41, 5.74) is 5.28. The Balaban J connectivity index is 1.50. The number of ether oxygens (including phenoxy) is 2. The number of aromatic nitrogens is 2. The maximum atomic E-state index is 12.2. The van der Waals surface area contributed by atoms with E-state index in [1.807, 2.05) is 6.92 Å². The van der Waals surface area contributed by atoms with Crippen molar-refractivity contribution in [2.45, 2.75) is 20.0 Å². The minimum Gasteiger partial charge on any atom is -0.494 e. The molecule has 2 heterocycles. The molecule has 0 saturated heterocycles. The van der Waals surface area contributed by atoms with Crippen molar-refractivity contribution >= 4 is 11.8 Å². The van der Waals surface area contributed by atoms with E-state index in [2.05, 4.69) is 21.0 Å². The third-order valence-electron chi connectivity index (χ3n) is 3.80. The molecule has 9 nitrogen and oxygen atoms in total. The molecule has 0 radical (unpaired) electrons. The number of carbonyl (C=O) groups is 2. The molecule has 0 fully saturated rings. The summed E-state index contributed by atoms with van der Waals surface area (Å²) in [5, 5.41) is 3.70. The summed E-state index contributed by atoms with van der Waals surface area (Å²) in [5.74, 6) is 0.457. The molecule has 0 aliphatic rings. The third-order valence-corrected chi connectivity index (χ3v) is 3.80. The van der Waals surface area contributed by atoms with Gasteiger partial charge in [-0.3, -0.25) is 25.4 Å². The van der Waals surface area contributed by atoms with Crippen molar-refractivity contribution in [2.75, 3.05) is 6.61 Å². The smallest absolute Gasteiger partial charge is 0.291 e. The number of benzene rings is 1. The highest BCUT2D eigenvalue weighted by Gasteiger charge is 2.18. The van der Waals surface area contributed by atoms with E-state index < -0.39 is 17.9 Å². The topological polar surface area (TPSA) is 116 Å². The lowest BCUT2D eigenvalue weighted by Crippen LogP contribution is -2.47. The van der Waals surface area contributed by atoms with Crippen molar-refractivity contribution in [3.8, 4) is 22.8 Å². The van der Waals surface area contributed by atoms with Gasteiger partial charge in [-0.25, -0.2) is 0 Å². The van der Waals surface area contributed by atoms with Crippen molar-refractivity contribution in [1.29, 1.82) is 0 Å². The zero-order valence-electron chi connectivity index (χ0n) is 15.9. The van der Waals surface area contributed by atoms with Gasteiger partial charge >= 0.3 is 0 Å². The Labute approximate surface area is 167 Å². The largest absolute Gasteiger partial charge is 0.494 e. The zero-order chi connectivity index (χ0) is 20.6. The Bertz CT molecular complexity index is 957. The summed E-state index contributed by atoms with van der Waals surface area (Å²) < 4.78 is 16.0. The van der Waals surface area contributed by atoms with E-state index in [-0.39, 0.29) is 5.69 Å². The highest BCUT2D eigenvalue weighted by Crippen LogP contribution is 2.19. The van der Waals surface area contributed by atoms with Crippen LogP contribution in [0.4, 0.5) is 0 Å². The molecule has 0 aliphatic carbocycles. The number of amides is 2. The van der Waals surface area contributed by atoms with Crippen LogP contribution in [0, 0.1) is 0 Å². The van der Waals surface area contributed by atoms with Gasteiger partial charge in [0.25, 0.3) is 11.8 Å². The average Bonchev–Trinajstić information content (AvgIpc) is 3.24. The molecule has 29 heavy (non-hydrogen) atoms. The maximum absolute atomic E-state index is 12.2. The summed E-state index contributed by atoms with van der Waals surface area (Å²) in [6, 6.07) is 11.9. The molecule has 0 spiro atoms. The number of pyridine rings is 1. The first-order valence-electron chi connectivity index (χ1n) is 8.93. The molecule has 1 aromatic carbocycles. The molecule has 9 heteroatoms. The van der Waals surface area contributed by atoms with Gasteiger partial charge in [0.05, 0.1) is 6.61 Å². The van der Waals surface area contributed by atoms with E-state index in [0.717, 1.165) is 0 Å². The average molecular weight is 396 g/mol. The number of carbonyl (C=O) groups excluding carboxylic acids is 2. The molecule has 150 valence electrons. The summed E-state index contributed by atoms with van der Waals surface area (Å²) >= 11 is 0. The summed E-state index contributed by atoms with van der Waals surface area (Å²) in [6.45, 7) is 4.02. The molecule has 2 N–H and O–H groups in total. The molecular formula is C20H20N4O5. The van der Waals surface area contributed by atoms with Gasteiger partial charge in [0.15, 0.2) is 17.6 Å². The number of rotatable bonds is 7. The summed E-state index contributed by atoms with van der Waals surface area (Å²) in [6.07, 6.45) is 2.38. The predicted octanol–water partition coefficient (Wildman–Crippen LogP) is 2.36. The van der Waals surface area contributed by atoms with Crippen LogP contribution >= 0.6 is 0 Å². The minimum absolute atomic E-state index is 0.0178. The first-order chi connectivity index (χ1) is 14.1. The van der Waals surface area contributed by atoms with Crippen LogP contribution in [-0.4, -0.2) is 34.7 Å². The fraction of sp³-hybridized carbons (Fsp3) is 0.200. The second kappa shape index (κ2) is 9.36. The van der Waals surface area contributed by atoms with Crippen molar-refractivity contribution < 1.29 is 23.6 Å². The zero-order valence-corrected chi connectivity index (χ0v) is 15.9. The number of nitrogens with one attached hydrogen (secondary N) is 2. The van der Waals surface area contributed by atoms with Crippen LogP contribution in [0.25, 0.3) is 11.3 Å². The van der Waals surface area contributed by atoms with Gasteiger partial charge in [-0.05, 0) is 50.2 Å². The lowest BCUT2D eigenvalue weighted by molar-refractivity contribution is -0.128. The lowest BCUT2D eigenvalue weighted by atomic mass is 10.2. The van der Waals surface area contributed by atoms with Crippen LogP contribution in [0.15, 0.2) is 59.4 Å². The van der Waals surface area contributed by atoms with Crippen molar-refractivity contribution in [1.82, 2.24) is 21.0 Å². The van der Waals surface area contributed by atoms with E-state index in [0.29, 0.717) is 29.4 Å². The Morgan fingerprint density at radius 2 is 1.90 bits per heavy atom. The second-order valence-corrected chi connectivity index (χ2v) is 5.93. The lowest BCUT2D eigenvalue weighted by Gasteiger charge is -2.15. The van der Waals surface area contributed by atoms with E-state index in [9.17, 15) is 9.59 Å². The van der Waals surface area contributed by atoms with E-state index >= 15 is 0 Å². The number of hydrazine groups is 1.